The van der Waals surface area contributed by atoms with Crippen molar-refractivity contribution in [1.82, 2.24) is 36.1 Å². The Balaban J connectivity index is 1.24. The van der Waals surface area contributed by atoms with Crippen LogP contribution in [0, 0.1) is 17.8 Å². The molecule has 2 saturated heterocycles. The number of urea groups is 1. The number of hydrogen-bond acceptors (Lipinski definition) is 13. The van der Waals surface area contributed by atoms with Gasteiger partial charge < -0.3 is 37.7 Å². The average Bonchev–Trinajstić information content (AvgIpc) is 4.15. The molecule has 1 aromatic heterocycles. The molecule has 6 amide bonds. The van der Waals surface area contributed by atoms with Crippen molar-refractivity contribution in [3.05, 3.63) is 131 Å². The van der Waals surface area contributed by atoms with Crippen LogP contribution in [0.3, 0.4) is 0 Å². The first-order valence-corrected chi connectivity index (χ1v) is 28.3. The van der Waals surface area contributed by atoms with Crippen LogP contribution in [0.15, 0.2) is 109 Å². The first-order chi connectivity index (χ1) is 37.0. The largest absolute Gasteiger partial charge is 0.370 e. The van der Waals surface area contributed by atoms with Crippen LogP contribution in [0.2, 0.25) is 0 Å². The van der Waals surface area contributed by atoms with Crippen LogP contribution >= 0.6 is 21.6 Å². The van der Waals surface area contributed by atoms with Crippen molar-refractivity contribution in [3.63, 3.8) is 0 Å². The number of aliphatic imine (C=N–C) groups is 1. The van der Waals surface area contributed by atoms with Crippen molar-refractivity contribution in [1.29, 1.82) is 0 Å². The number of imide groups is 1. The fourth-order valence-electron chi connectivity index (χ4n) is 9.72. The van der Waals surface area contributed by atoms with E-state index in [4.69, 9.17) is 11.5 Å². The zero-order chi connectivity index (χ0) is 55.0. The van der Waals surface area contributed by atoms with Gasteiger partial charge in [-0.05, 0) is 67.4 Å². The second kappa shape index (κ2) is 27.6. The third-order valence-electron chi connectivity index (χ3n) is 14.1. The summed E-state index contributed by atoms with van der Waals surface area (Å²) in [6.07, 6.45) is 5.19. The SMILES string of the molecule is CC(=O)[C@@H]1CSSC[C@H](N2C(=O)N[C@@H](Cc3ccccc3)C2=O)C(=O)N[C@H](C)C(=O)C[C@@H](Cc2cnc[nH]2)C(=O)N[C@H](Cc2ccccc2)C(=O)C[C@@H](CCCN=C(N)N)C(=O)N[C@@H](CC2=CCc3ccccc32)C(=O)C1. The van der Waals surface area contributed by atoms with E-state index in [0.717, 1.165) is 38.0 Å². The van der Waals surface area contributed by atoms with E-state index in [-0.39, 0.29) is 81.2 Å². The van der Waals surface area contributed by atoms with Crippen molar-refractivity contribution in [2.24, 2.45) is 34.2 Å². The van der Waals surface area contributed by atoms with Crippen LogP contribution in [0.1, 0.15) is 80.3 Å². The Morgan fingerprint density at radius 2 is 1.30 bits per heavy atom. The van der Waals surface area contributed by atoms with Crippen LogP contribution in [0.25, 0.3) is 5.57 Å². The summed E-state index contributed by atoms with van der Waals surface area (Å²) in [7, 11) is 2.28. The predicted octanol–water partition coefficient (Wildman–Crippen LogP) is 3.99. The highest BCUT2D eigenvalue weighted by Gasteiger charge is 2.45. The number of fused-ring (bicyclic) bond motifs is 1. The number of H-pyrrole nitrogens is 1. The second-order valence-electron chi connectivity index (χ2n) is 19.8. The van der Waals surface area contributed by atoms with E-state index in [0.29, 0.717) is 17.7 Å². The smallest absolute Gasteiger partial charge is 0.325 e. The van der Waals surface area contributed by atoms with Gasteiger partial charge in [0.15, 0.2) is 23.3 Å². The minimum absolute atomic E-state index is 0.0143. The number of allylic oxidation sites excluding steroid dienone is 1. The second-order valence-corrected chi connectivity index (χ2v) is 22.3. The number of nitrogens with one attached hydrogen (secondary N) is 5. The van der Waals surface area contributed by atoms with Gasteiger partial charge in [-0.3, -0.25) is 43.3 Å². The predicted molar refractivity (Wildman–Crippen MR) is 295 cm³/mol. The maximum Gasteiger partial charge on any atom is 0.325 e. The lowest BCUT2D eigenvalue weighted by atomic mass is 9.88. The Morgan fingerprint density at radius 3 is 1.96 bits per heavy atom. The maximum atomic E-state index is 14.8. The van der Waals surface area contributed by atoms with Crippen molar-refractivity contribution in [2.45, 2.75) is 108 Å². The van der Waals surface area contributed by atoms with Crippen molar-refractivity contribution in [3.8, 4) is 0 Å². The molecule has 0 bridgehead atoms. The van der Waals surface area contributed by atoms with Gasteiger partial charge in [-0.15, -0.1) is 0 Å². The molecule has 9 N–H and O–H groups in total. The monoisotopic (exact) mass is 1090 g/mol. The summed E-state index contributed by atoms with van der Waals surface area (Å²) in [5.74, 6) is -7.67. The van der Waals surface area contributed by atoms with Gasteiger partial charge in [0.25, 0.3) is 5.91 Å². The summed E-state index contributed by atoms with van der Waals surface area (Å²) in [6.45, 7) is 2.96. The lowest BCUT2D eigenvalue weighted by Gasteiger charge is -2.27. The lowest BCUT2D eigenvalue weighted by molar-refractivity contribution is -0.137. The number of aromatic nitrogens is 2. The van der Waals surface area contributed by atoms with Crippen LogP contribution in [-0.2, 0) is 64.0 Å². The van der Waals surface area contributed by atoms with Crippen molar-refractivity contribution < 1.29 is 43.2 Å². The molecule has 4 aromatic rings. The molecule has 8 atom stereocenters. The van der Waals surface area contributed by atoms with Crippen LogP contribution < -0.4 is 32.7 Å². The van der Waals surface area contributed by atoms with Crippen LogP contribution in [0.4, 0.5) is 4.79 Å². The minimum atomic E-state index is -1.43. The Kier molecular flexibility index (Phi) is 20.5. The molecule has 0 saturated carbocycles. The summed E-state index contributed by atoms with van der Waals surface area (Å²) in [5.41, 5.74) is 16.1. The number of aromatic amines is 1. The number of carbonyl (C=O) groups excluding carboxylic acids is 9. The summed E-state index contributed by atoms with van der Waals surface area (Å²) < 4.78 is 0. The maximum absolute atomic E-state index is 14.8. The molecule has 19 nitrogen and oxygen atoms in total. The standard InChI is InChI=1S/C56H66N10O9S2/c1-33-48(68)27-40(24-42-29-59-32-61-42)52(72)63-44(22-35-12-5-3-6-13-35)49(69)26-39(17-11-21-60-55(57)58)51(71)64-45(25-38-20-19-37-16-9-10-18-43(37)38)50(70)28-41(34(2)67)30-76-77-31-47(53(73)62-33)66-54(74)46(65-56(66)75)23-36-14-7-4-8-15-36/h3-10,12-16,18,20,29,32-33,39-41,44-47H,11,17,19,21-28,30-31H2,1-2H3,(H,59,61)(H,62,73)(H,63,72)(H,64,71)(H,65,75)(H4,57,58,60)/t33-,39-,40-,41+,44-,45+,46+,47+/m1/s1. The summed E-state index contributed by atoms with van der Waals surface area (Å²) in [5, 5.41) is 11.3. The highest BCUT2D eigenvalue weighted by molar-refractivity contribution is 8.76. The van der Waals surface area contributed by atoms with Gasteiger partial charge in [0.05, 0.1) is 30.4 Å². The fourth-order valence-corrected chi connectivity index (χ4v) is 12.3. The molecule has 3 aromatic carbocycles. The molecular formula is C56H66N10O9S2. The first kappa shape index (κ1) is 57.3. The van der Waals surface area contributed by atoms with Crippen LogP contribution in [-0.4, -0.2) is 122 Å². The average molecular weight is 1090 g/mol. The van der Waals surface area contributed by atoms with E-state index >= 15 is 0 Å². The summed E-state index contributed by atoms with van der Waals surface area (Å²) in [6, 6.07) is 19.0. The van der Waals surface area contributed by atoms with Gasteiger partial charge in [0, 0.05) is 80.3 Å². The first-order valence-electron chi connectivity index (χ1n) is 25.8. The number of amides is 6. The van der Waals surface area contributed by atoms with E-state index in [9.17, 15) is 43.2 Å². The molecule has 3 aliphatic rings. The van der Waals surface area contributed by atoms with E-state index in [1.54, 1.807) is 36.4 Å². The van der Waals surface area contributed by atoms with E-state index in [2.05, 4.69) is 36.2 Å². The third-order valence-corrected chi connectivity index (χ3v) is 16.6. The molecule has 2 fully saturated rings. The molecule has 3 heterocycles. The fraction of sp³-hybridized carbons (Fsp3) is 0.411. The quantitative estimate of drug-likeness (QED) is 0.0309. The Bertz CT molecular complexity index is 2840. The molecule has 0 radical (unpaired) electrons. The normalized spacial score (nSPS) is 24.5. The highest BCUT2D eigenvalue weighted by atomic mass is 33.1. The number of nitrogens with two attached hydrogens (primary N) is 2. The number of carbonyl (C=O) groups is 9. The van der Waals surface area contributed by atoms with E-state index in [1.165, 1.54) is 37.2 Å². The Morgan fingerprint density at radius 1 is 0.688 bits per heavy atom. The molecule has 2 aliphatic heterocycles. The number of hydrogen-bond donors (Lipinski definition) is 7. The third kappa shape index (κ3) is 16.1. The van der Waals surface area contributed by atoms with Gasteiger partial charge in [-0.2, -0.15) is 0 Å². The summed E-state index contributed by atoms with van der Waals surface area (Å²) >= 11 is 0. The molecular weight excluding hydrogens is 1020 g/mol. The molecule has 1 aliphatic carbocycles. The minimum Gasteiger partial charge on any atom is -0.370 e. The summed E-state index contributed by atoms with van der Waals surface area (Å²) in [4.78, 5) is 141. The zero-order valence-electron chi connectivity index (χ0n) is 43.1. The lowest BCUT2D eigenvalue weighted by Crippen LogP contribution is -2.54. The number of benzene rings is 3. The van der Waals surface area contributed by atoms with E-state index in [1.807, 2.05) is 54.6 Å². The van der Waals surface area contributed by atoms with Crippen LogP contribution in [0.5, 0.6) is 0 Å². The molecule has 406 valence electrons. The Labute approximate surface area is 455 Å². The van der Waals surface area contributed by atoms with Gasteiger partial charge in [0.1, 0.15) is 17.9 Å². The number of ketones is 4. The molecule has 7 rings (SSSR count). The molecule has 0 unspecified atom stereocenters. The van der Waals surface area contributed by atoms with Gasteiger partial charge >= 0.3 is 6.03 Å². The van der Waals surface area contributed by atoms with Gasteiger partial charge in [-0.25, -0.2) is 14.7 Å². The topological polar surface area (TPSA) is 298 Å². The number of imidazole rings is 1. The highest BCUT2D eigenvalue weighted by Crippen LogP contribution is 2.33. The van der Waals surface area contributed by atoms with Gasteiger partial charge in [-0.1, -0.05) is 113 Å². The zero-order valence-corrected chi connectivity index (χ0v) is 44.7. The Hall–Kier alpha value is -7.39. The van der Waals surface area contributed by atoms with E-state index < -0.39 is 101 Å². The molecule has 77 heavy (non-hydrogen) atoms. The molecule has 0 spiro atoms. The van der Waals surface area contributed by atoms with Gasteiger partial charge in [0.2, 0.25) is 17.7 Å². The number of guanidine groups is 1. The number of nitrogens with zero attached hydrogens (tertiary/aromatic N) is 3. The van der Waals surface area contributed by atoms with Crippen molar-refractivity contribution in [2.75, 3.05) is 18.1 Å². The number of rotatable bonds is 14. The number of Topliss-reactive ketones (excluding diaryl/α,β-unsaturated/α-hetero) is 4. The molecule has 21 heteroatoms. The van der Waals surface area contributed by atoms with Crippen molar-refractivity contribution >= 4 is 85.9 Å².